The van der Waals surface area contributed by atoms with Crippen molar-refractivity contribution in [3.8, 4) is 27.9 Å². The summed E-state index contributed by atoms with van der Waals surface area (Å²) in [6, 6.07) is 48.5. The molecule has 1 heteroatoms. The van der Waals surface area contributed by atoms with Crippen molar-refractivity contribution in [3.63, 3.8) is 0 Å². The number of rotatable bonds is 1. The van der Waals surface area contributed by atoms with Gasteiger partial charge < -0.3 is 4.57 Å². The van der Waals surface area contributed by atoms with E-state index < -0.39 is 0 Å². The first-order chi connectivity index (χ1) is 22.6. The van der Waals surface area contributed by atoms with Gasteiger partial charge in [-0.3, -0.25) is 0 Å². The van der Waals surface area contributed by atoms with Gasteiger partial charge in [-0.05, 0) is 90.6 Å². The predicted molar refractivity (Wildman–Crippen MR) is 197 cm³/mol. The summed E-state index contributed by atoms with van der Waals surface area (Å²) in [7, 11) is 0. The van der Waals surface area contributed by atoms with Crippen LogP contribution in [-0.2, 0) is 16.2 Å². The molecule has 0 radical (unpaired) electrons. The van der Waals surface area contributed by atoms with Gasteiger partial charge in [0.2, 0.25) is 0 Å². The molecular weight excluding hydrogens is 567 g/mol. The van der Waals surface area contributed by atoms with Crippen LogP contribution in [0.3, 0.4) is 0 Å². The fraction of sp³-hybridized carbons (Fsp3) is 0.217. The Kier molecular flexibility index (Phi) is 4.94. The van der Waals surface area contributed by atoms with Crippen molar-refractivity contribution in [1.82, 2.24) is 4.57 Å². The highest BCUT2D eigenvalue weighted by Gasteiger charge is 2.57. The normalized spacial score (nSPS) is 18.3. The Morgan fingerprint density at radius 2 is 0.936 bits per heavy atom. The second-order valence-electron chi connectivity index (χ2n) is 15.7. The van der Waals surface area contributed by atoms with Crippen LogP contribution in [0.4, 0.5) is 0 Å². The van der Waals surface area contributed by atoms with Gasteiger partial charge in [0, 0.05) is 22.0 Å². The first kappa shape index (κ1) is 27.3. The van der Waals surface area contributed by atoms with E-state index in [0.29, 0.717) is 0 Å². The quantitative estimate of drug-likeness (QED) is 0.175. The lowest BCUT2D eigenvalue weighted by molar-refractivity contribution is 0.125. The Morgan fingerprint density at radius 3 is 1.55 bits per heavy atom. The third kappa shape index (κ3) is 2.91. The Labute approximate surface area is 277 Å². The molecule has 0 saturated carbocycles. The molecule has 3 aliphatic rings. The SMILES string of the molecule is CC1(C)c2cc3c4ccc5c(c4n(-c4ccccc4)c3cc2C(C)(C)C1(C)C)-c1ccccc1C51c2ccccc2-c2ccccc21. The van der Waals surface area contributed by atoms with Gasteiger partial charge >= 0.3 is 0 Å². The summed E-state index contributed by atoms with van der Waals surface area (Å²) in [6.45, 7) is 14.7. The molecule has 0 saturated heterocycles. The molecule has 1 aromatic heterocycles. The topological polar surface area (TPSA) is 4.93 Å². The van der Waals surface area contributed by atoms with Gasteiger partial charge in [-0.1, -0.05) is 145 Å². The molecule has 0 N–H and O–H groups in total. The molecule has 0 amide bonds. The molecule has 0 atom stereocenters. The largest absolute Gasteiger partial charge is 0.309 e. The molecule has 6 aromatic carbocycles. The number of aromatic nitrogens is 1. The Hall–Kier alpha value is -4.88. The summed E-state index contributed by atoms with van der Waals surface area (Å²) < 4.78 is 2.58. The predicted octanol–water partition coefficient (Wildman–Crippen LogP) is 11.7. The third-order valence-corrected chi connectivity index (χ3v) is 13.5. The molecular formula is C46H39N. The molecule has 0 aliphatic heterocycles. The molecule has 0 unspecified atom stereocenters. The summed E-state index contributed by atoms with van der Waals surface area (Å²) >= 11 is 0. The van der Waals surface area contributed by atoms with Gasteiger partial charge in [0.15, 0.2) is 0 Å². The van der Waals surface area contributed by atoms with E-state index >= 15 is 0 Å². The summed E-state index contributed by atoms with van der Waals surface area (Å²) in [5.41, 5.74) is 17.5. The minimum atomic E-state index is -0.360. The van der Waals surface area contributed by atoms with Crippen molar-refractivity contribution in [3.05, 3.63) is 161 Å². The van der Waals surface area contributed by atoms with E-state index in [-0.39, 0.29) is 21.7 Å². The van der Waals surface area contributed by atoms with E-state index in [1.54, 1.807) is 0 Å². The summed E-state index contributed by atoms with van der Waals surface area (Å²) in [4.78, 5) is 0. The fourth-order valence-electron chi connectivity index (χ4n) is 10.1. The van der Waals surface area contributed by atoms with Gasteiger partial charge in [-0.2, -0.15) is 0 Å². The maximum Gasteiger partial charge on any atom is 0.0726 e. The summed E-state index contributed by atoms with van der Waals surface area (Å²) in [5.74, 6) is 0. The molecule has 1 spiro atoms. The van der Waals surface area contributed by atoms with E-state index in [1.807, 2.05) is 0 Å². The third-order valence-electron chi connectivity index (χ3n) is 13.5. The van der Waals surface area contributed by atoms with Crippen molar-refractivity contribution < 1.29 is 0 Å². The number of hydrogen-bond acceptors (Lipinski definition) is 0. The van der Waals surface area contributed by atoms with Crippen LogP contribution in [0.5, 0.6) is 0 Å². The average molecular weight is 606 g/mol. The van der Waals surface area contributed by atoms with E-state index in [0.717, 1.165) is 0 Å². The van der Waals surface area contributed by atoms with Crippen LogP contribution in [0.1, 0.15) is 74.9 Å². The molecule has 1 nitrogen and oxygen atoms in total. The summed E-state index contributed by atoms with van der Waals surface area (Å²) in [5, 5.41) is 2.67. The highest BCUT2D eigenvalue weighted by Crippen LogP contribution is 2.65. The molecule has 228 valence electrons. The highest BCUT2D eigenvalue weighted by atomic mass is 15.0. The highest BCUT2D eigenvalue weighted by molar-refractivity contribution is 6.17. The number of fused-ring (bicyclic) bond motifs is 15. The Bertz CT molecular complexity index is 2440. The van der Waals surface area contributed by atoms with E-state index in [1.165, 1.54) is 83.1 Å². The van der Waals surface area contributed by atoms with Gasteiger partial charge in [0.05, 0.1) is 16.4 Å². The number of nitrogens with zero attached hydrogens (tertiary/aromatic N) is 1. The van der Waals surface area contributed by atoms with Crippen LogP contribution in [-0.4, -0.2) is 4.57 Å². The van der Waals surface area contributed by atoms with Gasteiger partial charge in [0.1, 0.15) is 0 Å². The van der Waals surface area contributed by atoms with Crippen LogP contribution >= 0.6 is 0 Å². The van der Waals surface area contributed by atoms with Crippen molar-refractivity contribution in [1.29, 1.82) is 0 Å². The maximum atomic E-state index is 2.58. The lowest BCUT2D eigenvalue weighted by Gasteiger charge is -2.44. The molecule has 7 aromatic rings. The zero-order valence-corrected chi connectivity index (χ0v) is 28.1. The van der Waals surface area contributed by atoms with Crippen molar-refractivity contribution in [2.75, 3.05) is 0 Å². The van der Waals surface area contributed by atoms with E-state index in [4.69, 9.17) is 0 Å². The molecule has 3 aliphatic carbocycles. The second-order valence-corrected chi connectivity index (χ2v) is 15.7. The molecule has 10 rings (SSSR count). The number of benzene rings is 6. The van der Waals surface area contributed by atoms with Crippen LogP contribution < -0.4 is 0 Å². The zero-order chi connectivity index (χ0) is 32.1. The van der Waals surface area contributed by atoms with E-state index in [2.05, 4.69) is 174 Å². The smallest absolute Gasteiger partial charge is 0.0726 e. The van der Waals surface area contributed by atoms with Crippen LogP contribution in [0, 0.1) is 5.41 Å². The Morgan fingerprint density at radius 1 is 0.426 bits per heavy atom. The minimum absolute atomic E-state index is 0.0217. The lowest BCUT2D eigenvalue weighted by Crippen LogP contribution is -2.42. The standard InChI is InChI=1S/C46H39N/c1-43(2)38-26-33-31-24-25-37-41(42(31)47(28-16-8-7-9-17-28)40(33)27-39(38)44(3,4)45(43,5)6)32-20-12-15-23-36(32)46(37)34-21-13-10-18-29(34)30-19-11-14-22-35(30)46/h7-27H,1-6H3. The number of para-hydroxylation sites is 1. The van der Waals surface area contributed by atoms with Crippen LogP contribution in [0.25, 0.3) is 49.7 Å². The number of hydrogen-bond donors (Lipinski definition) is 0. The molecule has 0 fully saturated rings. The average Bonchev–Trinajstić information content (AvgIpc) is 3.71. The second kappa shape index (κ2) is 8.52. The van der Waals surface area contributed by atoms with Gasteiger partial charge in [-0.15, -0.1) is 0 Å². The molecule has 47 heavy (non-hydrogen) atoms. The van der Waals surface area contributed by atoms with Gasteiger partial charge in [0.25, 0.3) is 0 Å². The van der Waals surface area contributed by atoms with Gasteiger partial charge in [-0.25, -0.2) is 0 Å². The molecule has 1 heterocycles. The fourth-order valence-corrected chi connectivity index (χ4v) is 10.1. The molecule has 0 bridgehead atoms. The van der Waals surface area contributed by atoms with Crippen molar-refractivity contribution in [2.45, 2.75) is 57.8 Å². The van der Waals surface area contributed by atoms with Crippen LogP contribution in [0.2, 0.25) is 0 Å². The van der Waals surface area contributed by atoms with Crippen molar-refractivity contribution >= 4 is 21.8 Å². The maximum absolute atomic E-state index is 2.58. The van der Waals surface area contributed by atoms with E-state index in [9.17, 15) is 0 Å². The monoisotopic (exact) mass is 605 g/mol. The zero-order valence-electron chi connectivity index (χ0n) is 28.1. The lowest BCUT2D eigenvalue weighted by atomic mass is 9.59. The van der Waals surface area contributed by atoms with Crippen molar-refractivity contribution in [2.24, 2.45) is 5.41 Å². The minimum Gasteiger partial charge on any atom is -0.309 e. The summed E-state index contributed by atoms with van der Waals surface area (Å²) in [6.07, 6.45) is 0. The van der Waals surface area contributed by atoms with Crippen LogP contribution in [0.15, 0.2) is 127 Å². The first-order valence-electron chi connectivity index (χ1n) is 17.1. The Balaban J connectivity index is 1.42. The first-order valence-corrected chi connectivity index (χ1v) is 17.1.